The van der Waals surface area contributed by atoms with Crippen LogP contribution in [0.4, 0.5) is 5.69 Å². The molecule has 1 aliphatic heterocycles. The van der Waals surface area contributed by atoms with Crippen LogP contribution in [-0.4, -0.2) is 62.7 Å². The maximum Gasteiger partial charge on any atom is 0.193 e. The molecule has 0 amide bonds. The number of nitrogens with zero attached hydrogens (tertiary/aromatic N) is 3. The van der Waals surface area contributed by atoms with Crippen LogP contribution < -0.4 is 15.0 Å². The van der Waals surface area contributed by atoms with Crippen molar-refractivity contribution in [1.29, 1.82) is 0 Å². The fraction of sp³-hybridized carbons (Fsp3) is 0.348. The first-order chi connectivity index (χ1) is 14.3. The molecule has 2 N–H and O–H groups in total. The first-order valence-corrected chi connectivity index (χ1v) is 10.2. The van der Waals surface area contributed by atoms with Gasteiger partial charge in [-0.3, -0.25) is 4.99 Å². The number of hydrogen-bond donors (Lipinski definition) is 2. The predicted molar refractivity (Wildman–Crippen MR) is 120 cm³/mol. The highest BCUT2D eigenvalue weighted by molar-refractivity contribution is 5.83. The van der Waals surface area contributed by atoms with E-state index in [1.54, 1.807) is 7.11 Å². The molecule has 1 aliphatic rings. The second-order valence-corrected chi connectivity index (χ2v) is 7.23. The summed E-state index contributed by atoms with van der Waals surface area (Å²) in [4.78, 5) is 12.6. The van der Waals surface area contributed by atoms with Gasteiger partial charge >= 0.3 is 0 Å². The zero-order valence-electron chi connectivity index (χ0n) is 17.2. The molecule has 0 bridgehead atoms. The Bertz CT molecular complexity index is 972. The maximum atomic E-state index is 5.52. The lowest BCUT2D eigenvalue weighted by molar-refractivity contribution is 0.367. The summed E-state index contributed by atoms with van der Waals surface area (Å²) >= 11 is 0. The molecule has 0 saturated carbocycles. The van der Waals surface area contributed by atoms with Crippen molar-refractivity contribution in [1.82, 2.24) is 15.2 Å². The number of fused-ring (bicyclic) bond motifs is 1. The minimum Gasteiger partial charge on any atom is -0.495 e. The Kier molecular flexibility index (Phi) is 5.89. The van der Waals surface area contributed by atoms with Crippen molar-refractivity contribution in [3.8, 4) is 5.75 Å². The molecule has 1 saturated heterocycles. The van der Waals surface area contributed by atoms with Gasteiger partial charge in [-0.25, -0.2) is 0 Å². The maximum absolute atomic E-state index is 5.52. The van der Waals surface area contributed by atoms with E-state index in [0.29, 0.717) is 0 Å². The number of hydrogen-bond acceptors (Lipinski definition) is 3. The lowest BCUT2D eigenvalue weighted by Crippen LogP contribution is -2.52. The molecule has 0 spiro atoms. The normalized spacial score (nSPS) is 15.0. The van der Waals surface area contributed by atoms with E-state index >= 15 is 0 Å². The predicted octanol–water partition coefficient (Wildman–Crippen LogP) is 3.12. The molecule has 0 radical (unpaired) electrons. The Hall–Kier alpha value is -3.15. The number of benzene rings is 2. The number of aromatic amines is 1. The van der Waals surface area contributed by atoms with Gasteiger partial charge in [0.2, 0.25) is 0 Å². The Labute approximate surface area is 172 Å². The number of ether oxygens (including phenoxy) is 1. The van der Waals surface area contributed by atoms with Crippen LogP contribution in [0.2, 0.25) is 0 Å². The third-order valence-electron chi connectivity index (χ3n) is 5.57. The fourth-order valence-corrected chi connectivity index (χ4v) is 4.03. The number of rotatable bonds is 5. The number of methoxy groups -OCH3 is 1. The van der Waals surface area contributed by atoms with E-state index < -0.39 is 0 Å². The van der Waals surface area contributed by atoms with Crippen LogP contribution in [0.25, 0.3) is 10.9 Å². The molecule has 6 nitrogen and oxygen atoms in total. The Morgan fingerprint density at radius 1 is 1.07 bits per heavy atom. The first kappa shape index (κ1) is 19.2. The number of guanidine groups is 1. The molecule has 2 aromatic carbocycles. The quantitative estimate of drug-likeness (QED) is 0.518. The van der Waals surface area contributed by atoms with Gasteiger partial charge in [-0.15, -0.1) is 0 Å². The van der Waals surface area contributed by atoms with E-state index in [0.717, 1.165) is 56.5 Å². The number of aliphatic imine (C=N–C) groups is 1. The van der Waals surface area contributed by atoms with Gasteiger partial charge in [0.05, 0.1) is 12.8 Å². The van der Waals surface area contributed by atoms with E-state index in [-0.39, 0.29) is 0 Å². The molecule has 0 unspecified atom stereocenters. The number of nitrogens with one attached hydrogen (secondary N) is 2. The molecule has 6 heteroatoms. The number of aromatic nitrogens is 1. The van der Waals surface area contributed by atoms with E-state index in [1.807, 2.05) is 19.2 Å². The average Bonchev–Trinajstić information content (AvgIpc) is 3.20. The Morgan fingerprint density at radius 2 is 1.83 bits per heavy atom. The molecule has 1 aromatic heterocycles. The van der Waals surface area contributed by atoms with E-state index in [4.69, 9.17) is 4.74 Å². The second-order valence-electron chi connectivity index (χ2n) is 7.23. The van der Waals surface area contributed by atoms with Gasteiger partial charge in [0.25, 0.3) is 0 Å². The van der Waals surface area contributed by atoms with Crippen molar-refractivity contribution in [3.05, 3.63) is 60.3 Å². The molecular weight excluding hydrogens is 362 g/mol. The van der Waals surface area contributed by atoms with Gasteiger partial charge in [-0.1, -0.05) is 30.3 Å². The molecule has 4 rings (SSSR count). The highest BCUT2D eigenvalue weighted by Gasteiger charge is 2.21. The van der Waals surface area contributed by atoms with Crippen LogP contribution in [0, 0.1) is 0 Å². The van der Waals surface area contributed by atoms with Crippen LogP contribution in [0.3, 0.4) is 0 Å². The fourth-order valence-electron chi connectivity index (χ4n) is 4.03. The topological polar surface area (TPSA) is 55.9 Å². The van der Waals surface area contributed by atoms with Gasteiger partial charge in [0.1, 0.15) is 5.75 Å². The summed E-state index contributed by atoms with van der Waals surface area (Å²) in [5, 5.41) is 4.84. The lowest BCUT2D eigenvalue weighted by Gasteiger charge is -2.38. The summed E-state index contributed by atoms with van der Waals surface area (Å²) in [6, 6.07) is 16.7. The number of piperazine rings is 1. The lowest BCUT2D eigenvalue weighted by atomic mass is 10.1. The summed E-state index contributed by atoms with van der Waals surface area (Å²) in [6.45, 7) is 4.63. The molecule has 3 aromatic rings. The van der Waals surface area contributed by atoms with Crippen molar-refractivity contribution in [2.24, 2.45) is 4.99 Å². The van der Waals surface area contributed by atoms with E-state index in [9.17, 15) is 0 Å². The molecule has 29 heavy (non-hydrogen) atoms. The smallest absolute Gasteiger partial charge is 0.193 e. The third-order valence-corrected chi connectivity index (χ3v) is 5.57. The second kappa shape index (κ2) is 8.90. The molecule has 152 valence electrons. The van der Waals surface area contributed by atoms with Crippen LogP contribution >= 0.6 is 0 Å². The molecule has 2 heterocycles. The van der Waals surface area contributed by atoms with E-state index in [2.05, 4.69) is 67.7 Å². The highest BCUT2D eigenvalue weighted by Crippen LogP contribution is 2.28. The van der Waals surface area contributed by atoms with Crippen LogP contribution in [0.1, 0.15) is 5.56 Å². The molecule has 0 atom stereocenters. The minimum absolute atomic E-state index is 0.862. The van der Waals surface area contributed by atoms with Crippen LogP contribution in [0.5, 0.6) is 5.75 Å². The standard InChI is InChI=1S/C23H29N5O/c1-24-23(25-12-11-18-17-26-20-8-4-3-7-19(18)20)28-15-13-27(14-16-28)21-9-5-6-10-22(21)29-2/h3-10,17,26H,11-16H2,1-2H3,(H,24,25). The first-order valence-electron chi connectivity index (χ1n) is 10.2. The van der Waals surface area contributed by atoms with Gasteiger partial charge in [-0.2, -0.15) is 0 Å². The number of para-hydroxylation sites is 3. The summed E-state index contributed by atoms with van der Waals surface area (Å²) < 4.78 is 5.52. The number of H-pyrrole nitrogens is 1. The van der Waals surface area contributed by atoms with E-state index in [1.165, 1.54) is 16.5 Å². The summed E-state index contributed by atoms with van der Waals surface area (Å²) in [7, 11) is 3.59. The molecule has 1 fully saturated rings. The summed E-state index contributed by atoms with van der Waals surface area (Å²) in [5.41, 5.74) is 3.70. The third kappa shape index (κ3) is 4.16. The zero-order valence-corrected chi connectivity index (χ0v) is 17.2. The molecule has 0 aliphatic carbocycles. The van der Waals surface area contributed by atoms with Gasteiger partial charge in [0.15, 0.2) is 5.96 Å². The van der Waals surface area contributed by atoms with Crippen molar-refractivity contribution in [3.63, 3.8) is 0 Å². The average molecular weight is 392 g/mol. The summed E-state index contributed by atoms with van der Waals surface area (Å²) in [5.74, 6) is 1.91. The Balaban J connectivity index is 1.31. The van der Waals surface area contributed by atoms with Gasteiger partial charge in [0, 0.05) is 56.9 Å². The van der Waals surface area contributed by atoms with Crippen LogP contribution in [0.15, 0.2) is 59.7 Å². The Morgan fingerprint density at radius 3 is 2.62 bits per heavy atom. The van der Waals surface area contributed by atoms with Gasteiger partial charge in [-0.05, 0) is 30.2 Å². The number of anilines is 1. The summed E-state index contributed by atoms with van der Waals surface area (Å²) in [6.07, 6.45) is 3.07. The molecular formula is C23H29N5O. The van der Waals surface area contributed by atoms with Crippen molar-refractivity contribution in [2.75, 3.05) is 51.8 Å². The van der Waals surface area contributed by atoms with Gasteiger partial charge < -0.3 is 24.8 Å². The monoisotopic (exact) mass is 391 g/mol. The SMILES string of the molecule is CN=C(NCCc1c[nH]c2ccccc12)N1CCN(c2ccccc2OC)CC1. The highest BCUT2D eigenvalue weighted by atomic mass is 16.5. The zero-order chi connectivity index (χ0) is 20.1. The van der Waals surface area contributed by atoms with Crippen molar-refractivity contribution in [2.45, 2.75) is 6.42 Å². The van der Waals surface area contributed by atoms with Crippen molar-refractivity contribution < 1.29 is 4.74 Å². The van der Waals surface area contributed by atoms with Crippen LogP contribution in [-0.2, 0) is 6.42 Å². The largest absolute Gasteiger partial charge is 0.495 e. The van der Waals surface area contributed by atoms with Crippen molar-refractivity contribution >= 4 is 22.5 Å². The minimum atomic E-state index is 0.862.